The number of aryl methyl sites for hydroxylation is 2. The molecule has 4 rings (SSSR count). The molecule has 23 heavy (non-hydrogen) atoms. The Morgan fingerprint density at radius 3 is 2.43 bits per heavy atom. The Kier molecular flexibility index (Phi) is 3.53. The van der Waals surface area contributed by atoms with E-state index in [-0.39, 0.29) is 0 Å². The monoisotopic (exact) mass is 328 g/mol. The molecule has 0 atom stereocenters. The standard InChI is InChI=1S/C17H16N2O3S/c1-20-10-6-11(21-2)8-12(7-10)22-16-15-13-4-3-5-14(13)23-17(15)19-9-18-16/h6-9H,3-5H2,1-2H3. The van der Waals surface area contributed by atoms with Crippen LogP contribution >= 0.6 is 11.3 Å². The zero-order valence-electron chi connectivity index (χ0n) is 13.0. The van der Waals surface area contributed by atoms with Crippen molar-refractivity contribution < 1.29 is 14.2 Å². The molecule has 2 aromatic heterocycles. The summed E-state index contributed by atoms with van der Waals surface area (Å²) in [5.41, 5.74) is 1.34. The van der Waals surface area contributed by atoms with Gasteiger partial charge >= 0.3 is 0 Å². The normalized spacial score (nSPS) is 13.1. The number of hydrogen-bond donors (Lipinski definition) is 0. The summed E-state index contributed by atoms with van der Waals surface area (Å²) in [4.78, 5) is 11.2. The van der Waals surface area contributed by atoms with Crippen LogP contribution in [0.15, 0.2) is 24.5 Å². The molecule has 0 aliphatic heterocycles. The third-order valence-corrected chi connectivity index (χ3v) is 5.21. The fourth-order valence-electron chi connectivity index (χ4n) is 2.93. The molecule has 118 valence electrons. The lowest BCUT2D eigenvalue weighted by atomic mass is 10.2. The minimum atomic E-state index is 0.602. The average molecular weight is 328 g/mol. The average Bonchev–Trinajstić information content (AvgIpc) is 3.15. The molecule has 6 heteroatoms. The summed E-state index contributed by atoms with van der Waals surface area (Å²) < 4.78 is 16.6. The molecule has 0 fully saturated rings. The van der Waals surface area contributed by atoms with Crippen molar-refractivity contribution in [2.75, 3.05) is 14.2 Å². The highest BCUT2D eigenvalue weighted by Crippen LogP contribution is 2.41. The molecule has 1 aliphatic carbocycles. The van der Waals surface area contributed by atoms with E-state index < -0.39 is 0 Å². The molecule has 3 aromatic rings. The first-order chi connectivity index (χ1) is 11.3. The van der Waals surface area contributed by atoms with Gasteiger partial charge in [-0.25, -0.2) is 9.97 Å². The van der Waals surface area contributed by atoms with E-state index in [1.54, 1.807) is 31.9 Å². The van der Waals surface area contributed by atoms with Crippen molar-refractivity contribution in [2.24, 2.45) is 0 Å². The lowest BCUT2D eigenvalue weighted by Crippen LogP contribution is -1.93. The second kappa shape index (κ2) is 5.70. The first-order valence-electron chi connectivity index (χ1n) is 7.44. The molecule has 0 saturated carbocycles. The molecule has 5 nitrogen and oxygen atoms in total. The topological polar surface area (TPSA) is 53.5 Å². The van der Waals surface area contributed by atoms with E-state index in [9.17, 15) is 0 Å². The van der Waals surface area contributed by atoms with Crippen LogP contribution in [-0.2, 0) is 12.8 Å². The zero-order chi connectivity index (χ0) is 15.8. The predicted molar refractivity (Wildman–Crippen MR) is 89.1 cm³/mol. The predicted octanol–water partition coefficient (Wildman–Crippen LogP) is 3.99. The van der Waals surface area contributed by atoms with E-state index in [0.29, 0.717) is 23.1 Å². The third-order valence-electron chi connectivity index (χ3n) is 4.01. The van der Waals surface area contributed by atoms with Crippen molar-refractivity contribution in [3.8, 4) is 23.1 Å². The van der Waals surface area contributed by atoms with Crippen molar-refractivity contribution in [1.82, 2.24) is 9.97 Å². The van der Waals surface area contributed by atoms with Crippen LogP contribution in [0.1, 0.15) is 16.9 Å². The summed E-state index contributed by atoms with van der Waals surface area (Å²) in [6.07, 6.45) is 4.95. The Morgan fingerprint density at radius 2 is 1.70 bits per heavy atom. The van der Waals surface area contributed by atoms with Crippen LogP contribution in [-0.4, -0.2) is 24.2 Å². The fraction of sp³-hybridized carbons (Fsp3) is 0.294. The molecular formula is C17H16N2O3S. The maximum atomic E-state index is 6.06. The van der Waals surface area contributed by atoms with Gasteiger partial charge in [-0.15, -0.1) is 11.3 Å². The van der Waals surface area contributed by atoms with Crippen molar-refractivity contribution in [2.45, 2.75) is 19.3 Å². The van der Waals surface area contributed by atoms with E-state index >= 15 is 0 Å². The van der Waals surface area contributed by atoms with Crippen LogP contribution in [0.4, 0.5) is 0 Å². The number of benzene rings is 1. The van der Waals surface area contributed by atoms with E-state index in [1.807, 2.05) is 18.2 Å². The van der Waals surface area contributed by atoms with Gasteiger partial charge < -0.3 is 14.2 Å². The SMILES string of the molecule is COc1cc(OC)cc(Oc2ncnc3sc4c(c23)CCC4)c1. The molecule has 0 unspecified atom stereocenters. The molecule has 1 aliphatic rings. The molecule has 0 spiro atoms. The number of hydrogen-bond acceptors (Lipinski definition) is 6. The van der Waals surface area contributed by atoms with Gasteiger partial charge in [-0.2, -0.15) is 0 Å². The van der Waals surface area contributed by atoms with Crippen LogP contribution in [0.2, 0.25) is 0 Å². The maximum absolute atomic E-state index is 6.06. The van der Waals surface area contributed by atoms with Gasteiger partial charge in [0.05, 0.1) is 19.6 Å². The molecule has 1 aromatic carbocycles. The van der Waals surface area contributed by atoms with E-state index in [4.69, 9.17) is 14.2 Å². The first kappa shape index (κ1) is 14.3. The number of thiophene rings is 1. The van der Waals surface area contributed by atoms with Crippen LogP contribution < -0.4 is 14.2 Å². The highest BCUT2D eigenvalue weighted by molar-refractivity contribution is 7.18. The quantitative estimate of drug-likeness (QED) is 0.725. The molecule has 0 bridgehead atoms. The van der Waals surface area contributed by atoms with E-state index in [1.165, 1.54) is 16.9 Å². The van der Waals surface area contributed by atoms with Gasteiger partial charge in [-0.3, -0.25) is 0 Å². The summed E-state index contributed by atoms with van der Waals surface area (Å²) in [5, 5.41) is 1.05. The lowest BCUT2D eigenvalue weighted by molar-refractivity contribution is 0.385. The Labute approximate surface area is 137 Å². The highest BCUT2D eigenvalue weighted by atomic mass is 32.1. The Morgan fingerprint density at radius 1 is 0.957 bits per heavy atom. The van der Waals surface area contributed by atoms with Gasteiger partial charge in [0.1, 0.15) is 28.4 Å². The van der Waals surface area contributed by atoms with E-state index in [2.05, 4.69) is 9.97 Å². The van der Waals surface area contributed by atoms with Gasteiger partial charge in [0.25, 0.3) is 0 Å². The van der Waals surface area contributed by atoms with Crippen LogP contribution in [0.5, 0.6) is 23.1 Å². The fourth-order valence-corrected chi connectivity index (χ4v) is 4.15. The van der Waals surface area contributed by atoms with Crippen LogP contribution in [0, 0.1) is 0 Å². The van der Waals surface area contributed by atoms with Gasteiger partial charge in [-0.1, -0.05) is 0 Å². The van der Waals surface area contributed by atoms with Gasteiger partial charge in [0.2, 0.25) is 5.88 Å². The van der Waals surface area contributed by atoms with Crippen molar-refractivity contribution in [3.63, 3.8) is 0 Å². The minimum Gasteiger partial charge on any atom is -0.496 e. The minimum absolute atomic E-state index is 0.602. The summed E-state index contributed by atoms with van der Waals surface area (Å²) in [7, 11) is 3.24. The van der Waals surface area contributed by atoms with Gasteiger partial charge in [0.15, 0.2) is 0 Å². The van der Waals surface area contributed by atoms with Crippen LogP contribution in [0.25, 0.3) is 10.2 Å². The second-order valence-electron chi connectivity index (χ2n) is 5.37. The third kappa shape index (κ3) is 2.49. The van der Waals surface area contributed by atoms with Gasteiger partial charge in [0, 0.05) is 23.1 Å². The Bertz CT molecular complexity index is 853. The number of nitrogens with zero attached hydrogens (tertiary/aromatic N) is 2. The number of aromatic nitrogens is 2. The Hall–Kier alpha value is -2.34. The number of fused-ring (bicyclic) bond motifs is 3. The lowest BCUT2D eigenvalue weighted by Gasteiger charge is -2.10. The second-order valence-corrected chi connectivity index (χ2v) is 6.45. The van der Waals surface area contributed by atoms with Gasteiger partial charge in [-0.05, 0) is 24.8 Å². The molecule has 0 amide bonds. The summed E-state index contributed by atoms with van der Waals surface area (Å²) >= 11 is 1.75. The van der Waals surface area contributed by atoms with Crippen molar-refractivity contribution >= 4 is 21.6 Å². The number of methoxy groups -OCH3 is 2. The Balaban J connectivity index is 1.79. The molecular weight excluding hydrogens is 312 g/mol. The highest BCUT2D eigenvalue weighted by Gasteiger charge is 2.22. The molecule has 0 saturated heterocycles. The summed E-state index contributed by atoms with van der Waals surface area (Å²) in [6, 6.07) is 5.46. The first-order valence-corrected chi connectivity index (χ1v) is 8.26. The van der Waals surface area contributed by atoms with E-state index in [0.717, 1.165) is 23.1 Å². The number of rotatable bonds is 4. The van der Waals surface area contributed by atoms with Crippen molar-refractivity contribution in [3.05, 3.63) is 35.0 Å². The summed E-state index contributed by atoms with van der Waals surface area (Å²) in [6.45, 7) is 0. The smallest absolute Gasteiger partial charge is 0.231 e. The molecule has 0 radical (unpaired) electrons. The van der Waals surface area contributed by atoms with Crippen LogP contribution in [0.3, 0.4) is 0 Å². The molecule has 0 N–H and O–H groups in total. The summed E-state index contributed by atoms with van der Waals surface area (Å²) in [5.74, 6) is 2.60. The maximum Gasteiger partial charge on any atom is 0.231 e. The molecule has 2 heterocycles. The van der Waals surface area contributed by atoms with Crippen molar-refractivity contribution in [1.29, 1.82) is 0 Å². The number of ether oxygens (including phenoxy) is 3. The largest absolute Gasteiger partial charge is 0.496 e. The zero-order valence-corrected chi connectivity index (χ0v) is 13.8.